The molecule has 1 aliphatic heterocycles. The van der Waals surface area contributed by atoms with E-state index in [1.54, 1.807) is 22.6 Å². The molecule has 0 amide bonds. The predicted octanol–water partition coefficient (Wildman–Crippen LogP) is 3.18. The Bertz CT molecular complexity index is 478. The summed E-state index contributed by atoms with van der Waals surface area (Å²) in [6.07, 6.45) is 1.88. The number of anilines is 1. The van der Waals surface area contributed by atoms with Crippen LogP contribution in [0.3, 0.4) is 0 Å². The second kappa shape index (κ2) is 6.47. The summed E-state index contributed by atoms with van der Waals surface area (Å²) in [6.45, 7) is 2.10. The quantitative estimate of drug-likeness (QED) is 0.484. The first-order chi connectivity index (χ1) is 9.08. The van der Waals surface area contributed by atoms with Gasteiger partial charge in [-0.1, -0.05) is 0 Å². The van der Waals surface area contributed by atoms with E-state index in [9.17, 15) is 14.5 Å². The van der Waals surface area contributed by atoms with Crippen molar-refractivity contribution in [2.24, 2.45) is 5.92 Å². The van der Waals surface area contributed by atoms with Gasteiger partial charge < -0.3 is 10.1 Å². The zero-order valence-corrected chi connectivity index (χ0v) is 12.4. The van der Waals surface area contributed by atoms with Crippen LogP contribution in [0.25, 0.3) is 0 Å². The Labute approximate surface area is 123 Å². The maximum absolute atomic E-state index is 13.5. The Morgan fingerprint density at radius 3 is 3.00 bits per heavy atom. The molecule has 1 heterocycles. The Morgan fingerprint density at radius 2 is 2.37 bits per heavy atom. The normalized spacial score (nSPS) is 18.5. The van der Waals surface area contributed by atoms with Crippen LogP contribution in [0.2, 0.25) is 0 Å². The van der Waals surface area contributed by atoms with Crippen molar-refractivity contribution < 1.29 is 14.1 Å². The molecule has 0 aliphatic carbocycles. The second-order valence-corrected chi connectivity index (χ2v) is 5.65. The zero-order chi connectivity index (χ0) is 13.8. The van der Waals surface area contributed by atoms with E-state index in [2.05, 4.69) is 5.32 Å². The third-order valence-electron chi connectivity index (χ3n) is 3.13. The second-order valence-electron chi connectivity index (χ2n) is 4.49. The first kappa shape index (κ1) is 14.4. The number of hydrogen-bond acceptors (Lipinski definition) is 4. The molecule has 0 aromatic heterocycles. The molecule has 1 fully saturated rings. The maximum atomic E-state index is 13.5. The fraction of sp³-hybridized carbons (Fsp3) is 0.500. The molecule has 2 rings (SSSR count). The number of hydrogen-bond donors (Lipinski definition) is 1. The van der Waals surface area contributed by atoms with Crippen molar-refractivity contribution in [2.75, 3.05) is 25.1 Å². The van der Waals surface area contributed by atoms with Crippen LogP contribution in [0, 0.1) is 25.4 Å². The van der Waals surface area contributed by atoms with Crippen LogP contribution in [-0.2, 0) is 4.74 Å². The van der Waals surface area contributed by atoms with Crippen molar-refractivity contribution in [3.8, 4) is 0 Å². The summed E-state index contributed by atoms with van der Waals surface area (Å²) in [7, 11) is 0. The van der Waals surface area contributed by atoms with E-state index in [1.807, 2.05) is 0 Å². The lowest BCUT2D eigenvalue weighted by Gasteiger charge is -2.10. The van der Waals surface area contributed by atoms with Gasteiger partial charge in [0.05, 0.1) is 8.49 Å². The van der Waals surface area contributed by atoms with E-state index in [4.69, 9.17) is 4.74 Å². The summed E-state index contributed by atoms with van der Waals surface area (Å²) < 4.78 is 19.0. The predicted molar refractivity (Wildman–Crippen MR) is 77.8 cm³/mol. The molecule has 0 saturated carbocycles. The largest absolute Gasteiger partial charge is 0.381 e. The molecule has 5 nitrogen and oxygen atoms in total. The summed E-state index contributed by atoms with van der Waals surface area (Å²) in [6, 6.07) is 2.43. The average molecular weight is 380 g/mol. The van der Waals surface area contributed by atoms with Crippen molar-refractivity contribution in [3.05, 3.63) is 31.6 Å². The van der Waals surface area contributed by atoms with Crippen molar-refractivity contribution in [1.29, 1.82) is 0 Å². The van der Waals surface area contributed by atoms with Crippen LogP contribution >= 0.6 is 22.6 Å². The average Bonchev–Trinajstić information content (AvgIpc) is 2.86. The smallest absolute Gasteiger partial charge is 0.293 e. The molecule has 1 atom stereocenters. The molecule has 104 valence electrons. The fourth-order valence-corrected chi connectivity index (χ4v) is 2.50. The fourth-order valence-electron chi connectivity index (χ4n) is 2.05. The minimum absolute atomic E-state index is 0.0894. The molecule has 0 spiro atoms. The minimum atomic E-state index is -0.497. The van der Waals surface area contributed by atoms with Crippen molar-refractivity contribution in [2.45, 2.75) is 12.8 Å². The van der Waals surface area contributed by atoms with Crippen molar-refractivity contribution in [1.82, 2.24) is 0 Å². The van der Waals surface area contributed by atoms with Crippen LogP contribution < -0.4 is 5.32 Å². The van der Waals surface area contributed by atoms with E-state index in [1.165, 1.54) is 12.1 Å². The van der Waals surface area contributed by atoms with Gasteiger partial charge in [0.2, 0.25) is 0 Å². The summed E-state index contributed by atoms with van der Waals surface area (Å²) in [4.78, 5) is 10.4. The number of rotatable bonds is 5. The van der Waals surface area contributed by atoms with Crippen LogP contribution in [-0.4, -0.2) is 24.7 Å². The topological polar surface area (TPSA) is 64.4 Å². The Hall–Kier alpha value is -0.960. The molecule has 19 heavy (non-hydrogen) atoms. The maximum Gasteiger partial charge on any atom is 0.293 e. The van der Waals surface area contributed by atoms with Gasteiger partial charge >= 0.3 is 0 Å². The van der Waals surface area contributed by atoms with E-state index in [-0.39, 0.29) is 14.9 Å². The van der Waals surface area contributed by atoms with Gasteiger partial charge in [-0.05, 0) is 41.4 Å². The van der Waals surface area contributed by atoms with Crippen molar-refractivity contribution in [3.63, 3.8) is 0 Å². The highest BCUT2D eigenvalue weighted by Gasteiger charge is 2.19. The molecule has 1 aromatic rings. The number of halogens is 2. The van der Waals surface area contributed by atoms with Gasteiger partial charge in [-0.3, -0.25) is 10.1 Å². The van der Waals surface area contributed by atoms with Gasteiger partial charge in [-0.2, -0.15) is 0 Å². The van der Waals surface area contributed by atoms with E-state index in [0.717, 1.165) is 26.1 Å². The van der Waals surface area contributed by atoms with E-state index < -0.39 is 10.7 Å². The Balaban J connectivity index is 2.01. The molecule has 1 unspecified atom stereocenters. The molecular weight excluding hydrogens is 366 g/mol. The first-order valence-electron chi connectivity index (χ1n) is 6.03. The van der Waals surface area contributed by atoms with Crippen LogP contribution in [0.15, 0.2) is 12.1 Å². The molecule has 0 bridgehead atoms. The number of nitrogens with one attached hydrogen (secondary N) is 1. The van der Waals surface area contributed by atoms with Gasteiger partial charge in [-0.15, -0.1) is 0 Å². The lowest BCUT2D eigenvalue weighted by molar-refractivity contribution is -0.384. The van der Waals surface area contributed by atoms with Crippen LogP contribution in [0.4, 0.5) is 15.8 Å². The monoisotopic (exact) mass is 380 g/mol. The number of ether oxygens (including phenoxy) is 1. The van der Waals surface area contributed by atoms with Gasteiger partial charge in [0.15, 0.2) is 0 Å². The van der Waals surface area contributed by atoms with E-state index >= 15 is 0 Å². The molecule has 7 heteroatoms. The lowest BCUT2D eigenvalue weighted by Crippen LogP contribution is -2.10. The van der Waals surface area contributed by atoms with E-state index in [0.29, 0.717) is 12.5 Å². The zero-order valence-electron chi connectivity index (χ0n) is 10.2. The number of nitro groups is 1. The molecule has 0 radical (unpaired) electrons. The van der Waals surface area contributed by atoms with Gasteiger partial charge in [0, 0.05) is 31.9 Å². The highest BCUT2D eigenvalue weighted by atomic mass is 127. The Kier molecular flexibility index (Phi) is 4.92. The standard InChI is InChI=1S/C12H14FIN2O3/c13-9-5-11(12(16(17)18)6-10(9)14)15-3-1-8-2-4-19-7-8/h5-6,8,15H,1-4,7H2. The molecule has 1 aromatic carbocycles. The minimum Gasteiger partial charge on any atom is -0.381 e. The SMILES string of the molecule is O=[N+]([O-])c1cc(I)c(F)cc1NCCC1CCOC1. The summed E-state index contributed by atoms with van der Waals surface area (Å²) in [5, 5.41) is 13.9. The molecule has 1 N–H and O–H groups in total. The Morgan fingerprint density at radius 1 is 1.58 bits per heavy atom. The summed E-state index contributed by atoms with van der Waals surface area (Å²) >= 11 is 1.74. The molecule has 1 saturated heterocycles. The third-order valence-corrected chi connectivity index (χ3v) is 3.95. The van der Waals surface area contributed by atoms with Gasteiger partial charge in [0.1, 0.15) is 11.5 Å². The molecule has 1 aliphatic rings. The van der Waals surface area contributed by atoms with Crippen LogP contribution in [0.1, 0.15) is 12.8 Å². The molecular formula is C12H14FIN2O3. The van der Waals surface area contributed by atoms with Crippen molar-refractivity contribution >= 4 is 34.0 Å². The lowest BCUT2D eigenvalue weighted by atomic mass is 10.1. The number of benzene rings is 1. The van der Waals surface area contributed by atoms with Gasteiger partial charge in [0.25, 0.3) is 5.69 Å². The van der Waals surface area contributed by atoms with Crippen LogP contribution in [0.5, 0.6) is 0 Å². The number of nitrogens with zero attached hydrogens (tertiary/aromatic N) is 1. The summed E-state index contributed by atoms with van der Waals surface area (Å²) in [5.74, 6) is 0.0400. The summed E-state index contributed by atoms with van der Waals surface area (Å²) in [5.41, 5.74) is 0.148. The third kappa shape index (κ3) is 3.75. The highest BCUT2D eigenvalue weighted by Crippen LogP contribution is 2.29. The first-order valence-corrected chi connectivity index (χ1v) is 7.11. The number of nitro benzene ring substituents is 1. The highest BCUT2D eigenvalue weighted by molar-refractivity contribution is 14.1. The van der Waals surface area contributed by atoms with Gasteiger partial charge in [-0.25, -0.2) is 4.39 Å².